The van der Waals surface area contributed by atoms with Gasteiger partial charge in [-0.3, -0.25) is 4.98 Å². The summed E-state index contributed by atoms with van der Waals surface area (Å²) in [6.07, 6.45) is 1.18. The first-order chi connectivity index (χ1) is 7.74. The van der Waals surface area contributed by atoms with Crippen LogP contribution in [0.2, 0.25) is 0 Å². The Morgan fingerprint density at radius 1 is 1.31 bits per heavy atom. The minimum atomic E-state index is -0.547. The van der Waals surface area contributed by atoms with Crippen LogP contribution in [0, 0.1) is 12.9 Å². The van der Waals surface area contributed by atoms with Crippen molar-refractivity contribution >= 4 is 5.82 Å². The molecule has 0 saturated heterocycles. The zero-order valence-electron chi connectivity index (χ0n) is 8.81. The zero-order valence-corrected chi connectivity index (χ0v) is 8.81. The van der Waals surface area contributed by atoms with Crippen LogP contribution in [-0.4, -0.2) is 15.0 Å². The van der Waals surface area contributed by atoms with Crippen molar-refractivity contribution in [2.24, 2.45) is 0 Å². The maximum atomic E-state index is 12.8. The van der Waals surface area contributed by atoms with E-state index in [-0.39, 0.29) is 0 Å². The Bertz CT molecular complexity index is 441. The fourth-order valence-corrected chi connectivity index (χ4v) is 1.31. The highest BCUT2D eigenvalue weighted by Crippen LogP contribution is 2.05. The average molecular weight is 218 g/mol. The molecular formula is C11H11FN4. The summed E-state index contributed by atoms with van der Waals surface area (Å²) in [5.74, 6) is -0.0921. The van der Waals surface area contributed by atoms with Crippen molar-refractivity contribution in [1.82, 2.24) is 15.0 Å². The summed E-state index contributed by atoms with van der Waals surface area (Å²) >= 11 is 0. The van der Waals surface area contributed by atoms with Gasteiger partial charge in [0, 0.05) is 11.8 Å². The van der Waals surface area contributed by atoms with Crippen molar-refractivity contribution in [3.8, 4) is 0 Å². The summed E-state index contributed by atoms with van der Waals surface area (Å²) in [4.78, 5) is 11.6. The first kappa shape index (κ1) is 10.5. The second kappa shape index (κ2) is 4.65. The van der Waals surface area contributed by atoms with Crippen LogP contribution in [0.5, 0.6) is 0 Å². The highest BCUT2D eigenvalue weighted by Gasteiger charge is 1.98. The number of nitrogens with zero attached hydrogens (tertiary/aromatic N) is 3. The van der Waals surface area contributed by atoms with E-state index >= 15 is 0 Å². The molecule has 4 nitrogen and oxygen atoms in total. The Hall–Kier alpha value is -2.04. The lowest BCUT2D eigenvalue weighted by Gasteiger charge is -2.04. The van der Waals surface area contributed by atoms with Crippen molar-refractivity contribution in [3.05, 3.63) is 47.9 Å². The summed E-state index contributed by atoms with van der Waals surface area (Å²) < 4.78 is 12.8. The van der Waals surface area contributed by atoms with E-state index in [1.807, 2.05) is 25.1 Å². The van der Waals surface area contributed by atoms with E-state index < -0.39 is 5.95 Å². The van der Waals surface area contributed by atoms with Gasteiger partial charge in [0.25, 0.3) is 0 Å². The number of hydrogen-bond acceptors (Lipinski definition) is 4. The number of anilines is 1. The van der Waals surface area contributed by atoms with Crippen LogP contribution in [0.15, 0.2) is 30.6 Å². The Labute approximate surface area is 92.6 Å². The Morgan fingerprint density at radius 3 is 2.94 bits per heavy atom. The van der Waals surface area contributed by atoms with Gasteiger partial charge in [0.15, 0.2) is 0 Å². The summed E-state index contributed by atoms with van der Waals surface area (Å²) in [6.45, 7) is 2.44. The average Bonchev–Trinajstić information content (AvgIpc) is 2.27. The molecule has 0 amide bonds. The minimum Gasteiger partial charge on any atom is -0.364 e. The molecule has 0 fully saturated rings. The molecule has 0 unspecified atom stereocenters. The number of hydrogen-bond donors (Lipinski definition) is 1. The molecule has 2 rings (SSSR count). The number of rotatable bonds is 3. The van der Waals surface area contributed by atoms with E-state index in [0.717, 1.165) is 11.4 Å². The summed E-state index contributed by atoms with van der Waals surface area (Å²) in [5.41, 5.74) is 1.84. The van der Waals surface area contributed by atoms with Crippen molar-refractivity contribution in [1.29, 1.82) is 0 Å². The van der Waals surface area contributed by atoms with Crippen molar-refractivity contribution < 1.29 is 4.39 Å². The standard InChI is InChI=1S/C11H11FN4/c1-8-3-2-4-9(16-8)6-13-11-5-10(12)14-7-15-11/h2-5,7H,6H2,1H3,(H,13,14,15). The molecule has 0 saturated carbocycles. The lowest BCUT2D eigenvalue weighted by molar-refractivity contribution is 0.580. The van der Waals surface area contributed by atoms with Crippen molar-refractivity contribution in [2.45, 2.75) is 13.5 Å². The zero-order chi connectivity index (χ0) is 11.4. The van der Waals surface area contributed by atoms with Crippen molar-refractivity contribution in [2.75, 3.05) is 5.32 Å². The maximum Gasteiger partial charge on any atom is 0.217 e. The van der Waals surface area contributed by atoms with Crippen LogP contribution in [0.1, 0.15) is 11.4 Å². The van der Waals surface area contributed by atoms with Gasteiger partial charge in [0.2, 0.25) is 5.95 Å². The smallest absolute Gasteiger partial charge is 0.217 e. The van der Waals surface area contributed by atoms with Gasteiger partial charge in [0.05, 0.1) is 12.2 Å². The first-order valence-corrected chi connectivity index (χ1v) is 4.88. The van der Waals surface area contributed by atoms with E-state index in [9.17, 15) is 4.39 Å². The number of pyridine rings is 1. The molecule has 2 aromatic heterocycles. The number of aryl methyl sites for hydroxylation is 1. The van der Waals surface area contributed by atoms with Gasteiger partial charge in [-0.05, 0) is 19.1 Å². The van der Waals surface area contributed by atoms with Gasteiger partial charge in [-0.15, -0.1) is 0 Å². The van der Waals surface area contributed by atoms with Gasteiger partial charge in [-0.2, -0.15) is 4.39 Å². The van der Waals surface area contributed by atoms with Gasteiger partial charge in [0.1, 0.15) is 12.1 Å². The molecule has 82 valence electrons. The highest BCUT2D eigenvalue weighted by molar-refractivity contribution is 5.32. The van der Waals surface area contributed by atoms with E-state index in [2.05, 4.69) is 20.3 Å². The third-order valence-corrected chi connectivity index (χ3v) is 2.03. The lowest BCUT2D eigenvalue weighted by Crippen LogP contribution is -2.04. The molecule has 0 aromatic carbocycles. The quantitative estimate of drug-likeness (QED) is 0.800. The van der Waals surface area contributed by atoms with E-state index in [1.165, 1.54) is 12.4 Å². The van der Waals surface area contributed by atoms with Crippen LogP contribution >= 0.6 is 0 Å². The predicted octanol–water partition coefficient (Wildman–Crippen LogP) is 1.93. The summed E-state index contributed by atoms with van der Waals surface area (Å²) in [5, 5.41) is 2.98. The number of nitrogens with one attached hydrogen (secondary N) is 1. The molecule has 0 aliphatic rings. The monoisotopic (exact) mass is 218 g/mol. The summed E-state index contributed by atoms with van der Waals surface area (Å²) in [6, 6.07) is 7.00. The summed E-state index contributed by atoms with van der Waals surface area (Å²) in [7, 11) is 0. The Kier molecular flexibility index (Phi) is 3.05. The molecule has 0 radical (unpaired) electrons. The first-order valence-electron chi connectivity index (χ1n) is 4.88. The van der Waals surface area contributed by atoms with Crippen LogP contribution < -0.4 is 5.32 Å². The van der Waals surface area contributed by atoms with E-state index in [1.54, 1.807) is 0 Å². The predicted molar refractivity (Wildman–Crippen MR) is 58.3 cm³/mol. The molecule has 0 spiro atoms. The topological polar surface area (TPSA) is 50.7 Å². The molecule has 16 heavy (non-hydrogen) atoms. The lowest BCUT2D eigenvalue weighted by atomic mass is 10.3. The van der Waals surface area contributed by atoms with E-state index in [0.29, 0.717) is 12.4 Å². The van der Waals surface area contributed by atoms with Crippen LogP contribution in [0.4, 0.5) is 10.2 Å². The fraction of sp³-hybridized carbons (Fsp3) is 0.182. The molecular weight excluding hydrogens is 207 g/mol. The molecule has 1 N–H and O–H groups in total. The Morgan fingerprint density at radius 2 is 2.19 bits per heavy atom. The number of aromatic nitrogens is 3. The number of halogens is 1. The molecule has 0 aliphatic carbocycles. The van der Waals surface area contributed by atoms with Gasteiger partial charge < -0.3 is 5.32 Å². The highest BCUT2D eigenvalue weighted by atomic mass is 19.1. The normalized spacial score (nSPS) is 10.1. The molecule has 0 aliphatic heterocycles. The second-order valence-corrected chi connectivity index (χ2v) is 3.35. The molecule has 2 heterocycles. The second-order valence-electron chi connectivity index (χ2n) is 3.35. The molecule has 2 aromatic rings. The maximum absolute atomic E-state index is 12.8. The molecule has 5 heteroatoms. The molecule has 0 atom stereocenters. The third kappa shape index (κ3) is 2.73. The van der Waals surface area contributed by atoms with E-state index in [4.69, 9.17) is 0 Å². The molecule has 0 bridgehead atoms. The van der Waals surface area contributed by atoms with Gasteiger partial charge in [-0.1, -0.05) is 6.07 Å². The van der Waals surface area contributed by atoms with Gasteiger partial charge in [-0.25, -0.2) is 9.97 Å². The third-order valence-electron chi connectivity index (χ3n) is 2.03. The fourth-order valence-electron chi connectivity index (χ4n) is 1.31. The van der Waals surface area contributed by atoms with Crippen LogP contribution in [-0.2, 0) is 6.54 Å². The van der Waals surface area contributed by atoms with Gasteiger partial charge >= 0.3 is 0 Å². The minimum absolute atomic E-state index is 0.454. The Balaban J connectivity index is 2.02. The van der Waals surface area contributed by atoms with Crippen LogP contribution in [0.3, 0.4) is 0 Å². The van der Waals surface area contributed by atoms with Crippen molar-refractivity contribution in [3.63, 3.8) is 0 Å². The largest absolute Gasteiger partial charge is 0.364 e. The SMILES string of the molecule is Cc1cccc(CNc2cc(F)ncn2)n1. The van der Waals surface area contributed by atoms with Crippen LogP contribution in [0.25, 0.3) is 0 Å².